The van der Waals surface area contributed by atoms with Gasteiger partial charge in [-0.3, -0.25) is 0 Å². The average Bonchev–Trinajstić information content (AvgIpc) is 2.12. The van der Waals surface area contributed by atoms with Crippen LogP contribution >= 0.6 is 0 Å². The molecule has 0 aromatic rings. The van der Waals surface area contributed by atoms with Gasteiger partial charge in [0.1, 0.15) is 0 Å². The van der Waals surface area contributed by atoms with E-state index in [0.29, 0.717) is 0 Å². The molecular weight excluding hydrogens is 166 g/mol. The summed E-state index contributed by atoms with van der Waals surface area (Å²) >= 11 is 0. The summed E-state index contributed by atoms with van der Waals surface area (Å²) < 4.78 is 5.28. The summed E-state index contributed by atoms with van der Waals surface area (Å²) in [7, 11) is 1.73. The number of nitrogens with one attached hydrogen (secondary N) is 1. The molecule has 0 saturated heterocycles. The highest BCUT2D eigenvalue weighted by atomic mass is 16.5. The summed E-state index contributed by atoms with van der Waals surface area (Å²) in [6.45, 7) is 7.29. The molecule has 0 radical (unpaired) electrons. The van der Waals surface area contributed by atoms with Crippen molar-refractivity contribution in [3.8, 4) is 0 Å². The van der Waals surface area contributed by atoms with Gasteiger partial charge in [-0.05, 0) is 33.2 Å². The number of aliphatic hydroxyl groups is 1. The summed E-state index contributed by atoms with van der Waals surface area (Å²) in [6.07, 6.45) is 1.92. The molecule has 0 heterocycles. The smallest absolute Gasteiger partial charge is 0.0634 e. The fourth-order valence-corrected chi connectivity index (χ4v) is 1.02. The summed E-state index contributed by atoms with van der Waals surface area (Å²) in [5.41, 5.74) is -0.0687. The van der Waals surface area contributed by atoms with Crippen molar-refractivity contribution in [3.63, 3.8) is 0 Å². The molecule has 0 spiro atoms. The van der Waals surface area contributed by atoms with E-state index in [1.165, 1.54) is 0 Å². The Balaban J connectivity index is 3.54. The van der Waals surface area contributed by atoms with Crippen molar-refractivity contribution in [1.29, 1.82) is 0 Å². The number of rotatable bonds is 7. The van der Waals surface area contributed by atoms with E-state index in [2.05, 4.69) is 26.1 Å². The molecule has 0 aromatic carbocycles. The van der Waals surface area contributed by atoms with Crippen molar-refractivity contribution in [3.05, 3.63) is 0 Å². The fraction of sp³-hybridized carbons (Fsp3) is 1.00. The van der Waals surface area contributed by atoms with Crippen LogP contribution < -0.4 is 5.32 Å². The Labute approximate surface area is 81.5 Å². The zero-order chi connectivity index (χ0) is 10.3. The van der Waals surface area contributed by atoms with Gasteiger partial charge in [0.2, 0.25) is 0 Å². The second-order valence-corrected chi connectivity index (χ2v) is 3.96. The number of aliphatic hydroxyl groups excluding tert-OH is 1. The second-order valence-electron chi connectivity index (χ2n) is 3.96. The lowest BCUT2D eigenvalue weighted by molar-refractivity contribution is 0.0149. The standard InChI is InChI=1S/C10H23NO2/c1-5-9(8-12)11-7-6-10(2,3)13-4/h9,11-12H,5-8H2,1-4H3. The first-order valence-corrected chi connectivity index (χ1v) is 4.95. The molecule has 0 aromatic heterocycles. The molecule has 0 aliphatic heterocycles. The Kier molecular flexibility index (Phi) is 6.29. The third-order valence-electron chi connectivity index (χ3n) is 2.43. The lowest BCUT2D eigenvalue weighted by atomic mass is 10.1. The van der Waals surface area contributed by atoms with E-state index in [4.69, 9.17) is 9.84 Å². The van der Waals surface area contributed by atoms with E-state index in [1.807, 2.05) is 0 Å². The van der Waals surface area contributed by atoms with Gasteiger partial charge in [-0.1, -0.05) is 6.92 Å². The molecule has 3 heteroatoms. The van der Waals surface area contributed by atoms with Gasteiger partial charge in [0.25, 0.3) is 0 Å². The predicted molar refractivity (Wildman–Crippen MR) is 54.9 cm³/mol. The molecule has 3 nitrogen and oxygen atoms in total. The monoisotopic (exact) mass is 189 g/mol. The summed E-state index contributed by atoms with van der Waals surface area (Å²) in [5.74, 6) is 0. The molecule has 0 amide bonds. The Hall–Kier alpha value is -0.120. The Bertz CT molecular complexity index is 122. The van der Waals surface area contributed by atoms with Crippen molar-refractivity contribution in [2.75, 3.05) is 20.3 Å². The number of hydrogen-bond donors (Lipinski definition) is 2. The molecular formula is C10H23NO2. The molecule has 0 rings (SSSR count). The third kappa shape index (κ3) is 6.02. The first kappa shape index (κ1) is 12.9. The number of ether oxygens (including phenoxy) is 1. The molecule has 0 bridgehead atoms. The van der Waals surface area contributed by atoms with Gasteiger partial charge in [0, 0.05) is 13.2 Å². The fourth-order valence-electron chi connectivity index (χ4n) is 1.02. The summed E-state index contributed by atoms with van der Waals surface area (Å²) in [4.78, 5) is 0. The van der Waals surface area contributed by atoms with Crippen LogP contribution in [-0.2, 0) is 4.74 Å². The quantitative estimate of drug-likeness (QED) is 0.631. The van der Waals surface area contributed by atoms with Crippen LogP contribution in [0, 0.1) is 0 Å². The minimum atomic E-state index is -0.0687. The molecule has 1 atom stereocenters. The highest BCUT2D eigenvalue weighted by Crippen LogP contribution is 2.11. The largest absolute Gasteiger partial charge is 0.395 e. The minimum Gasteiger partial charge on any atom is -0.395 e. The zero-order valence-electron chi connectivity index (χ0n) is 9.26. The molecule has 0 aliphatic carbocycles. The maximum absolute atomic E-state index is 8.92. The van der Waals surface area contributed by atoms with Crippen LogP contribution in [0.4, 0.5) is 0 Å². The van der Waals surface area contributed by atoms with Crippen molar-refractivity contribution in [2.45, 2.75) is 45.3 Å². The topological polar surface area (TPSA) is 41.5 Å². The Morgan fingerprint density at radius 1 is 1.46 bits per heavy atom. The Morgan fingerprint density at radius 2 is 2.08 bits per heavy atom. The second kappa shape index (κ2) is 6.35. The van der Waals surface area contributed by atoms with Crippen LogP contribution in [-0.4, -0.2) is 37.0 Å². The van der Waals surface area contributed by atoms with E-state index < -0.39 is 0 Å². The van der Waals surface area contributed by atoms with Crippen LogP contribution in [0.1, 0.15) is 33.6 Å². The summed E-state index contributed by atoms with van der Waals surface area (Å²) in [6, 6.07) is 0.229. The lowest BCUT2D eigenvalue weighted by Crippen LogP contribution is -2.36. The SMILES string of the molecule is CCC(CO)NCCC(C)(C)OC. The third-order valence-corrected chi connectivity index (χ3v) is 2.43. The average molecular weight is 189 g/mol. The van der Waals surface area contributed by atoms with E-state index in [0.717, 1.165) is 19.4 Å². The Morgan fingerprint density at radius 3 is 2.46 bits per heavy atom. The van der Waals surface area contributed by atoms with Crippen LogP contribution in [0.15, 0.2) is 0 Å². The van der Waals surface area contributed by atoms with Crippen LogP contribution in [0.2, 0.25) is 0 Å². The highest BCUT2D eigenvalue weighted by molar-refractivity contribution is 4.71. The molecule has 0 saturated carbocycles. The van der Waals surface area contributed by atoms with Crippen molar-refractivity contribution in [2.24, 2.45) is 0 Å². The molecule has 0 aliphatic rings. The van der Waals surface area contributed by atoms with Gasteiger partial charge in [-0.25, -0.2) is 0 Å². The first-order chi connectivity index (χ1) is 6.05. The van der Waals surface area contributed by atoms with E-state index in [9.17, 15) is 0 Å². The van der Waals surface area contributed by atoms with Crippen molar-refractivity contribution >= 4 is 0 Å². The van der Waals surface area contributed by atoms with Gasteiger partial charge in [-0.15, -0.1) is 0 Å². The van der Waals surface area contributed by atoms with Gasteiger partial charge in [-0.2, -0.15) is 0 Å². The van der Waals surface area contributed by atoms with Crippen molar-refractivity contribution < 1.29 is 9.84 Å². The van der Waals surface area contributed by atoms with Gasteiger partial charge in [0.15, 0.2) is 0 Å². The molecule has 1 unspecified atom stereocenters. The van der Waals surface area contributed by atoms with Gasteiger partial charge < -0.3 is 15.2 Å². The van der Waals surface area contributed by atoms with Gasteiger partial charge >= 0.3 is 0 Å². The van der Waals surface area contributed by atoms with Crippen LogP contribution in [0.5, 0.6) is 0 Å². The predicted octanol–water partition coefficient (Wildman–Crippen LogP) is 1.16. The highest BCUT2D eigenvalue weighted by Gasteiger charge is 2.15. The maximum Gasteiger partial charge on any atom is 0.0634 e. The van der Waals surface area contributed by atoms with Gasteiger partial charge in [0.05, 0.1) is 12.2 Å². The lowest BCUT2D eigenvalue weighted by Gasteiger charge is -2.24. The van der Waals surface area contributed by atoms with E-state index in [-0.39, 0.29) is 18.2 Å². The van der Waals surface area contributed by atoms with E-state index >= 15 is 0 Å². The maximum atomic E-state index is 8.92. The van der Waals surface area contributed by atoms with E-state index in [1.54, 1.807) is 7.11 Å². The van der Waals surface area contributed by atoms with Crippen molar-refractivity contribution in [1.82, 2.24) is 5.32 Å². The number of methoxy groups -OCH3 is 1. The zero-order valence-corrected chi connectivity index (χ0v) is 9.26. The number of hydrogen-bond acceptors (Lipinski definition) is 3. The minimum absolute atomic E-state index is 0.0687. The summed E-state index contributed by atoms with van der Waals surface area (Å²) in [5, 5.41) is 12.2. The normalized spacial score (nSPS) is 14.5. The first-order valence-electron chi connectivity index (χ1n) is 4.95. The van der Waals surface area contributed by atoms with Crippen LogP contribution in [0.3, 0.4) is 0 Å². The molecule has 80 valence electrons. The molecule has 2 N–H and O–H groups in total. The van der Waals surface area contributed by atoms with Crippen LogP contribution in [0.25, 0.3) is 0 Å². The molecule has 13 heavy (non-hydrogen) atoms. The molecule has 0 fully saturated rings.